The topological polar surface area (TPSA) is 29.1 Å². The van der Waals surface area contributed by atoms with Crippen molar-refractivity contribution in [2.45, 2.75) is 19.4 Å². The summed E-state index contributed by atoms with van der Waals surface area (Å²) in [6.07, 6.45) is 0.664. The molecule has 1 unspecified atom stereocenters. The molecule has 0 saturated carbocycles. The molecule has 21 heavy (non-hydrogen) atoms. The normalized spacial score (nSPS) is 12.0. The largest absolute Gasteiger partial charge is 0.345 e. The first-order chi connectivity index (χ1) is 10.0. The second-order valence-corrected chi connectivity index (χ2v) is 5.05. The van der Waals surface area contributed by atoms with Crippen LogP contribution in [0.1, 0.15) is 35.3 Å². The van der Waals surface area contributed by atoms with E-state index in [1.807, 2.05) is 19.1 Å². The molecule has 1 N–H and O–H groups in total. The highest BCUT2D eigenvalue weighted by molar-refractivity contribution is 6.30. The molecule has 0 aromatic heterocycles. The van der Waals surface area contributed by atoms with Crippen molar-refractivity contribution in [2.24, 2.45) is 0 Å². The van der Waals surface area contributed by atoms with Crippen LogP contribution in [0.25, 0.3) is 0 Å². The van der Waals surface area contributed by atoms with Gasteiger partial charge in [-0.1, -0.05) is 30.7 Å². The molecule has 110 valence electrons. The molecule has 2 nitrogen and oxygen atoms in total. The lowest BCUT2D eigenvalue weighted by molar-refractivity contribution is 0.0935. The zero-order chi connectivity index (χ0) is 15.4. The molecule has 0 aliphatic carbocycles. The zero-order valence-electron chi connectivity index (χ0n) is 11.4. The minimum Gasteiger partial charge on any atom is -0.345 e. The number of carbonyl (C=O) groups is 1. The van der Waals surface area contributed by atoms with E-state index in [1.54, 1.807) is 12.1 Å². The van der Waals surface area contributed by atoms with E-state index in [0.717, 1.165) is 17.7 Å². The van der Waals surface area contributed by atoms with Crippen molar-refractivity contribution in [1.82, 2.24) is 5.32 Å². The number of nitrogens with one attached hydrogen (secondary N) is 1. The molecule has 0 aliphatic rings. The van der Waals surface area contributed by atoms with Crippen LogP contribution in [0.2, 0.25) is 5.02 Å². The van der Waals surface area contributed by atoms with Crippen molar-refractivity contribution < 1.29 is 13.6 Å². The maximum atomic E-state index is 13.2. The summed E-state index contributed by atoms with van der Waals surface area (Å²) in [5.74, 6) is -2.46. The Morgan fingerprint density at radius 3 is 2.38 bits per heavy atom. The van der Waals surface area contributed by atoms with Gasteiger partial charge in [0.15, 0.2) is 11.6 Å². The Morgan fingerprint density at radius 1 is 1.14 bits per heavy atom. The number of rotatable bonds is 4. The third-order valence-corrected chi connectivity index (χ3v) is 3.42. The first-order valence-electron chi connectivity index (χ1n) is 6.52. The number of hydrogen-bond acceptors (Lipinski definition) is 1. The standard InChI is InChI=1S/C16H14ClF2NO/c1-2-15(10-3-6-12(17)7-4-10)20-16(21)11-5-8-13(18)14(19)9-11/h3-9,15H,2H2,1H3,(H,20,21). The van der Waals surface area contributed by atoms with Crippen LogP contribution >= 0.6 is 11.6 Å². The van der Waals surface area contributed by atoms with Crippen LogP contribution in [0.15, 0.2) is 42.5 Å². The number of benzene rings is 2. The average Bonchev–Trinajstić information content (AvgIpc) is 2.48. The minimum absolute atomic E-state index is 0.0845. The van der Waals surface area contributed by atoms with Gasteiger partial charge in [0.2, 0.25) is 0 Å². The molecule has 1 amide bonds. The summed E-state index contributed by atoms with van der Waals surface area (Å²) < 4.78 is 26.0. The van der Waals surface area contributed by atoms with E-state index in [9.17, 15) is 13.6 Å². The molecule has 0 fully saturated rings. The lowest BCUT2D eigenvalue weighted by Crippen LogP contribution is -2.28. The van der Waals surface area contributed by atoms with Gasteiger partial charge in [-0.3, -0.25) is 4.79 Å². The summed E-state index contributed by atoms with van der Waals surface area (Å²) in [5, 5.41) is 3.41. The second-order valence-electron chi connectivity index (χ2n) is 4.61. The lowest BCUT2D eigenvalue weighted by atomic mass is 10.0. The Labute approximate surface area is 126 Å². The molecule has 1 atom stereocenters. The quantitative estimate of drug-likeness (QED) is 0.885. The summed E-state index contributed by atoms with van der Waals surface area (Å²) in [7, 11) is 0. The molecular weight excluding hydrogens is 296 g/mol. The van der Waals surface area contributed by atoms with Gasteiger partial charge >= 0.3 is 0 Å². The Balaban J connectivity index is 2.15. The van der Waals surface area contributed by atoms with E-state index < -0.39 is 17.5 Å². The van der Waals surface area contributed by atoms with E-state index in [4.69, 9.17) is 11.6 Å². The third-order valence-electron chi connectivity index (χ3n) is 3.17. The van der Waals surface area contributed by atoms with E-state index in [-0.39, 0.29) is 11.6 Å². The summed E-state index contributed by atoms with van der Waals surface area (Å²) in [6, 6.07) is 9.98. The Bertz CT molecular complexity index is 643. The summed E-state index contributed by atoms with van der Waals surface area (Å²) >= 11 is 5.83. The first kappa shape index (κ1) is 15.4. The summed E-state index contributed by atoms with van der Waals surface area (Å²) in [4.78, 5) is 12.1. The van der Waals surface area contributed by atoms with Gasteiger partial charge in [-0.15, -0.1) is 0 Å². The summed E-state index contributed by atoms with van der Waals surface area (Å²) in [5.41, 5.74) is 0.985. The van der Waals surface area contributed by atoms with Crippen molar-refractivity contribution >= 4 is 17.5 Å². The van der Waals surface area contributed by atoms with Gasteiger partial charge < -0.3 is 5.32 Å². The second kappa shape index (κ2) is 6.68. The molecule has 0 spiro atoms. The number of amides is 1. The number of halogens is 3. The Kier molecular flexibility index (Phi) is 4.91. The molecule has 2 aromatic carbocycles. The highest BCUT2D eigenvalue weighted by Gasteiger charge is 2.15. The molecule has 2 rings (SSSR count). The van der Waals surface area contributed by atoms with Crippen LogP contribution in [-0.2, 0) is 0 Å². The average molecular weight is 310 g/mol. The molecule has 0 saturated heterocycles. The van der Waals surface area contributed by atoms with E-state index in [1.165, 1.54) is 6.07 Å². The highest BCUT2D eigenvalue weighted by atomic mass is 35.5. The van der Waals surface area contributed by atoms with E-state index in [2.05, 4.69) is 5.32 Å². The summed E-state index contributed by atoms with van der Waals surface area (Å²) in [6.45, 7) is 1.92. The SMILES string of the molecule is CCC(NC(=O)c1ccc(F)c(F)c1)c1ccc(Cl)cc1. The van der Waals surface area contributed by atoms with Crippen LogP contribution in [-0.4, -0.2) is 5.91 Å². The number of hydrogen-bond donors (Lipinski definition) is 1. The van der Waals surface area contributed by atoms with Gasteiger partial charge in [-0.25, -0.2) is 8.78 Å². The fourth-order valence-corrected chi connectivity index (χ4v) is 2.12. The van der Waals surface area contributed by atoms with E-state index >= 15 is 0 Å². The predicted molar refractivity (Wildman–Crippen MR) is 78.3 cm³/mol. The van der Waals surface area contributed by atoms with Gasteiger partial charge in [0.05, 0.1) is 6.04 Å². The van der Waals surface area contributed by atoms with Crippen molar-refractivity contribution in [1.29, 1.82) is 0 Å². The van der Waals surface area contributed by atoms with Gasteiger partial charge in [-0.05, 0) is 42.3 Å². The van der Waals surface area contributed by atoms with Gasteiger partial charge in [-0.2, -0.15) is 0 Å². The Hall–Kier alpha value is -1.94. The van der Waals surface area contributed by atoms with Crippen LogP contribution < -0.4 is 5.32 Å². The first-order valence-corrected chi connectivity index (χ1v) is 6.90. The van der Waals surface area contributed by atoms with Gasteiger partial charge in [0.1, 0.15) is 0 Å². The van der Waals surface area contributed by atoms with Crippen LogP contribution in [0.4, 0.5) is 8.78 Å². The van der Waals surface area contributed by atoms with Gasteiger partial charge in [0, 0.05) is 10.6 Å². The predicted octanol–water partition coefficient (Wildman–Crippen LogP) is 4.50. The van der Waals surface area contributed by atoms with E-state index in [0.29, 0.717) is 11.4 Å². The minimum atomic E-state index is -1.04. The van der Waals surface area contributed by atoms with Crippen LogP contribution in [0, 0.1) is 11.6 Å². The fraction of sp³-hybridized carbons (Fsp3) is 0.188. The lowest BCUT2D eigenvalue weighted by Gasteiger charge is -2.17. The van der Waals surface area contributed by atoms with Crippen molar-refractivity contribution in [2.75, 3.05) is 0 Å². The molecule has 5 heteroatoms. The Morgan fingerprint density at radius 2 is 1.81 bits per heavy atom. The molecular formula is C16H14ClF2NO. The van der Waals surface area contributed by atoms with Crippen LogP contribution in [0.5, 0.6) is 0 Å². The maximum Gasteiger partial charge on any atom is 0.251 e. The molecule has 0 radical (unpaired) electrons. The number of carbonyl (C=O) groups excluding carboxylic acids is 1. The molecule has 2 aromatic rings. The molecule has 0 heterocycles. The maximum absolute atomic E-state index is 13.2. The monoisotopic (exact) mass is 309 g/mol. The smallest absolute Gasteiger partial charge is 0.251 e. The highest BCUT2D eigenvalue weighted by Crippen LogP contribution is 2.20. The van der Waals surface area contributed by atoms with Gasteiger partial charge in [0.25, 0.3) is 5.91 Å². The van der Waals surface area contributed by atoms with Crippen molar-refractivity contribution in [3.63, 3.8) is 0 Å². The molecule has 0 bridgehead atoms. The van der Waals surface area contributed by atoms with Crippen molar-refractivity contribution in [3.8, 4) is 0 Å². The van der Waals surface area contributed by atoms with Crippen molar-refractivity contribution in [3.05, 3.63) is 70.2 Å². The fourth-order valence-electron chi connectivity index (χ4n) is 2.00. The van der Waals surface area contributed by atoms with Crippen LogP contribution in [0.3, 0.4) is 0 Å². The zero-order valence-corrected chi connectivity index (χ0v) is 12.1. The molecule has 0 aliphatic heterocycles. The third kappa shape index (κ3) is 3.79.